The summed E-state index contributed by atoms with van der Waals surface area (Å²) in [6.07, 6.45) is 3.24. The molecule has 0 saturated carbocycles. The predicted molar refractivity (Wildman–Crippen MR) is 85.5 cm³/mol. The largest absolute Gasteiger partial charge is 0.434 e. The molecule has 0 spiro atoms. The molecule has 1 aromatic rings. The molecule has 1 aliphatic rings. The Hall–Kier alpha value is -2.44. The van der Waals surface area contributed by atoms with E-state index in [-0.39, 0.29) is 18.2 Å². The Labute approximate surface area is 139 Å². The van der Waals surface area contributed by atoms with Crippen molar-refractivity contribution in [2.75, 3.05) is 19.6 Å². The molecule has 0 radical (unpaired) electrons. The third-order valence-corrected chi connectivity index (χ3v) is 3.75. The summed E-state index contributed by atoms with van der Waals surface area (Å²) in [5, 5.41) is 2.52. The lowest BCUT2D eigenvalue weighted by molar-refractivity contribution is -0.131. The fourth-order valence-electron chi connectivity index (χ4n) is 2.56. The van der Waals surface area contributed by atoms with Crippen molar-refractivity contribution in [3.8, 4) is 5.75 Å². The molecule has 5 nitrogen and oxygen atoms in total. The molecule has 0 unspecified atom stereocenters. The number of nitrogens with one attached hydrogen (secondary N) is 1. The first-order chi connectivity index (χ1) is 11.5. The van der Waals surface area contributed by atoms with Gasteiger partial charge in [-0.15, -0.1) is 0 Å². The van der Waals surface area contributed by atoms with E-state index in [0.29, 0.717) is 11.1 Å². The first kappa shape index (κ1) is 17.9. The molecule has 1 aromatic carbocycles. The van der Waals surface area contributed by atoms with Crippen LogP contribution in [0.1, 0.15) is 25.3 Å². The number of carbonyl (C=O) groups is 2. The first-order valence-electron chi connectivity index (χ1n) is 7.75. The summed E-state index contributed by atoms with van der Waals surface area (Å²) in [5.74, 6) is -0.567. The molecule has 0 atom stereocenters. The van der Waals surface area contributed by atoms with Crippen LogP contribution in [0.2, 0.25) is 0 Å². The smallest absolute Gasteiger partial charge is 0.387 e. The van der Waals surface area contributed by atoms with Gasteiger partial charge in [-0.25, -0.2) is 0 Å². The van der Waals surface area contributed by atoms with Gasteiger partial charge in [-0.1, -0.05) is 18.2 Å². The molecule has 24 heavy (non-hydrogen) atoms. The summed E-state index contributed by atoms with van der Waals surface area (Å²) >= 11 is 0. The molecule has 1 saturated heterocycles. The zero-order valence-corrected chi connectivity index (χ0v) is 13.4. The topological polar surface area (TPSA) is 58.6 Å². The van der Waals surface area contributed by atoms with Crippen LogP contribution >= 0.6 is 0 Å². The van der Waals surface area contributed by atoms with Gasteiger partial charge in [0.15, 0.2) is 0 Å². The third-order valence-electron chi connectivity index (χ3n) is 3.75. The van der Waals surface area contributed by atoms with Crippen LogP contribution in [0.4, 0.5) is 8.78 Å². The molecule has 1 heterocycles. The summed E-state index contributed by atoms with van der Waals surface area (Å²) in [7, 11) is 0. The quantitative estimate of drug-likeness (QED) is 0.811. The Morgan fingerprint density at radius 1 is 1.29 bits per heavy atom. The Bertz CT molecular complexity index is 626. The fraction of sp³-hybridized carbons (Fsp3) is 0.412. The number of amides is 2. The van der Waals surface area contributed by atoms with Crippen LogP contribution in [0.25, 0.3) is 5.57 Å². The van der Waals surface area contributed by atoms with Gasteiger partial charge in [-0.3, -0.25) is 9.59 Å². The van der Waals surface area contributed by atoms with Gasteiger partial charge in [0.1, 0.15) is 5.75 Å². The average Bonchev–Trinajstić information content (AvgIpc) is 3.07. The highest BCUT2D eigenvalue weighted by Gasteiger charge is 2.18. The van der Waals surface area contributed by atoms with Crippen LogP contribution in [0.3, 0.4) is 0 Å². The molecule has 7 heteroatoms. The van der Waals surface area contributed by atoms with E-state index in [9.17, 15) is 18.4 Å². The maximum atomic E-state index is 12.4. The maximum absolute atomic E-state index is 12.4. The number of nitrogens with zero attached hydrogens (tertiary/aromatic N) is 1. The number of alkyl halides is 2. The fourth-order valence-corrected chi connectivity index (χ4v) is 2.56. The number of likely N-dealkylation sites (tertiary alicyclic amines) is 1. The van der Waals surface area contributed by atoms with Gasteiger partial charge in [-0.05, 0) is 31.4 Å². The molecule has 130 valence electrons. The minimum absolute atomic E-state index is 0.00203. The summed E-state index contributed by atoms with van der Waals surface area (Å²) in [5.41, 5.74) is 0.871. The number of para-hydroxylation sites is 1. The number of allylic oxidation sites excluding steroid dienone is 1. The standard InChI is InChI=1S/C17H20F2N2O3/c1-12(13-6-2-3-7-14(13)24-17(18)19)10-15(22)20-11-16(23)21-8-4-5-9-21/h2-3,6-7,10,17H,4-5,8-9,11H2,1H3,(H,20,22)/b12-10+. The van der Waals surface area contributed by atoms with Crippen molar-refractivity contribution in [1.82, 2.24) is 10.2 Å². The van der Waals surface area contributed by atoms with Crippen LogP contribution in [0, 0.1) is 0 Å². The van der Waals surface area contributed by atoms with Crippen molar-refractivity contribution in [3.05, 3.63) is 35.9 Å². The number of ether oxygens (including phenoxy) is 1. The Balaban J connectivity index is 1.97. The highest BCUT2D eigenvalue weighted by molar-refractivity contribution is 5.97. The highest BCUT2D eigenvalue weighted by atomic mass is 19.3. The second-order valence-corrected chi connectivity index (χ2v) is 5.51. The van der Waals surface area contributed by atoms with Crippen LogP contribution in [0.5, 0.6) is 5.75 Å². The number of hydrogen-bond acceptors (Lipinski definition) is 3. The van der Waals surface area contributed by atoms with Gasteiger partial charge in [0, 0.05) is 24.7 Å². The van der Waals surface area contributed by atoms with Crippen LogP contribution in [-0.4, -0.2) is 43.0 Å². The van der Waals surface area contributed by atoms with Gasteiger partial charge in [0.05, 0.1) is 6.54 Å². The summed E-state index contributed by atoms with van der Waals surface area (Å²) in [6.45, 7) is 0.0582. The molecule has 1 aliphatic heterocycles. The maximum Gasteiger partial charge on any atom is 0.387 e. The lowest BCUT2D eigenvalue weighted by atomic mass is 10.1. The van der Waals surface area contributed by atoms with Gasteiger partial charge >= 0.3 is 6.61 Å². The normalized spacial score (nSPS) is 14.8. The van der Waals surface area contributed by atoms with Crippen molar-refractivity contribution >= 4 is 17.4 Å². The number of benzene rings is 1. The molecule has 0 aromatic heterocycles. The van der Waals surface area contributed by atoms with E-state index in [1.165, 1.54) is 12.1 Å². The van der Waals surface area contributed by atoms with Gasteiger partial charge in [-0.2, -0.15) is 8.78 Å². The summed E-state index contributed by atoms with van der Waals surface area (Å²) < 4.78 is 29.3. The summed E-state index contributed by atoms with van der Waals surface area (Å²) in [4.78, 5) is 25.5. The Morgan fingerprint density at radius 2 is 1.96 bits per heavy atom. The molecule has 1 fully saturated rings. The van der Waals surface area contributed by atoms with Crippen molar-refractivity contribution < 1.29 is 23.1 Å². The molecule has 1 N–H and O–H groups in total. The third kappa shape index (κ3) is 5.04. The lowest BCUT2D eigenvalue weighted by Crippen LogP contribution is -2.38. The number of rotatable bonds is 6. The van der Waals surface area contributed by atoms with Crippen LogP contribution < -0.4 is 10.1 Å². The monoisotopic (exact) mass is 338 g/mol. The molecular weight excluding hydrogens is 318 g/mol. The number of hydrogen-bond donors (Lipinski definition) is 1. The zero-order valence-electron chi connectivity index (χ0n) is 13.4. The van der Waals surface area contributed by atoms with Crippen LogP contribution in [-0.2, 0) is 9.59 Å². The molecular formula is C17H20F2N2O3. The Morgan fingerprint density at radius 3 is 2.62 bits per heavy atom. The molecule has 2 rings (SSSR count). The first-order valence-corrected chi connectivity index (χ1v) is 7.75. The predicted octanol–water partition coefficient (Wildman–Crippen LogP) is 2.43. The second-order valence-electron chi connectivity index (χ2n) is 5.51. The van der Waals surface area contributed by atoms with E-state index in [1.54, 1.807) is 30.0 Å². The Kier molecular flexibility index (Phi) is 6.28. The van der Waals surface area contributed by atoms with Gasteiger partial charge in [0.25, 0.3) is 0 Å². The number of carbonyl (C=O) groups excluding carboxylic acids is 2. The van der Waals surface area contributed by atoms with E-state index in [4.69, 9.17) is 0 Å². The van der Waals surface area contributed by atoms with E-state index < -0.39 is 12.5 Å². The second kappa shape index (κ2) is 8.42. The van der Waals surface area contributed by atoms with Crippen LogP contribution in [0.15, 0.2) is 30.3 Å². The number of halogens is 2. The minimum Gasteiger partial charge on any atom is -0.434 e. The van der Waals surface area contributed by atoms with Gasteiger partial charge in [0.2, 0.25) is 11.8 Å². The van der Waals surface area contributed by atoms with Gasteiger partial charge < -0.3 is 15.0 Å². The average molecular weight is 338 g/mol. The van der Waals surface area contributed by atoms with Crippen molar-refractivity contribution in [2.45, 2.75) is 26.4 Å². The van der Waals surface area contributed by atoms with E-state index in [0.717, 1.165) is 25.9 Å². The molecule has 0 bridgehead atoms. The van der Waals surface area contributed by atoms with Crippen molar-refractivity contribution in [2.24, 2.45) is 0 Å². The van der Waals surface area contributed by atoms with E-state index in [2.05, 4.69) is 10.1 Å². The summed E-state index contributed by atoms with van der Waals surface area (Å²) in [6, 6.07) is 6.24. The minimum atomic E-state index is -2.94. The highest BCUT2D eigenvalue weighted by Crippen LogP contribution is 2.26. The SMILES string of the molecule is C/C(=C\C(=O)NCC(=O)N1CCCC1)c1ccccc1OC(F)F. The molecule has 2 amide bonds. The van der Waals surface area contributed by atoms with E-state index in [1.807, 2.05) is 0 Å². The van der Waals surface area contributed by atoms with Crippen molar-refractivity contribution in [1.29, 1.82) is 0 Å². The zero-order chi connectivity index (χ0) is 17.5. The van der Waals surface area contributed by atoms with E-state index >= 15 is 0 Å². The lowest BCUT2D eigenvalue weighted by Gasteiger charge is -2.15. The van der Waals surface area contributed by atoms with Crippen molar-refractivity contribution in [3.63, 3.8) is 0 Å². The molecule has 0 aliphatic carbocycles.